The van der Waals surface area contributed by atoms with E-state index in [1.807, 2.05) is 25.1 Å². The van der Waals surface area contributed by atoms with Crippen LogP contribution in [0.15, 0.2) is 60.4 Å². The number of rotatable bonds is 10. The van der Waals surface area contributed by atoms with Gasteiger partial charge in [-0.1, -0.05) is 12.1 Å². The predicted molar refractivity (Wildman–Crippen MR) is 151 cm³/mol. The lowest BCUT2D eigenvalue weighted by atomic mass is 10.00. The molecule has 0 radical (unpaired) electrons. The molecule has 1 aromatic heterocycles. The van der Waals surface area contributed by atoms with Gasteiger partial charge in [-0.15, -0.1) is 0 Å². The lowest BCUT2D eigenvalue weighted by Crippen LogP contribution is -2.27. The summed E-state index contributed by atoms with van der Waals surface area (Å²) in [6.07, 6.45) is 5.41. The van der Waals surface area contributed by atoms with Crippen LogP contribution in [-0.4, -0.2) is 56.6 Å². The normalized spacial score (nSPS) is 13.2. The van der Waals surface area contributed by atoms with Crippen LogP contribution < -0.4 is 19.5 Å². The number of ether oxygens (including phenoxy) is 3. The van der Waals surface area contributed by atoms with Gasteiger partial charge in [-0.05, 0) is 82.3 Å². The number of pyridine rings is 1. The molecular formula is C31H32FN3O5. The fourth-order valence-electron chi connectivity index (χ4n) is 4.46. The number of amides is 2. The van der Waals surface area contributed by atoms with Gasteiger partial charge < -0.3 is 24.4 Å². The van der Waals surface area contributed by atoms with Crippen molar-refractivity contribution >= 4 is 29.0 Å². The molecule has 0 aliphatic heterocycles. The van der Waals surface area contributed by atoms with Gasteiger partial charge >= 0.3 is 0 Å². The van der Waals surface area contributed by atoms with E-state index in [0.29, 0.717) is 29.4 Å². The Balaban J connectivity index is 1.66. The lowest BCUT2D eigenvalue weighted by molar-refractivity contribution is -0.130. The molecule has 0 atom stereocenters. The number of allylic oxidation sites excluding steroid dienone is 2. The molecule has 0 saturated carbocycles. The number of carbonyl (C=O) groups is 2. The molecule has 9 heteroatoms. The van der Waals surface area contributed by atoms with Gasteiger partial charge in [0.25, 0.3) is 5.91 Å². The molecule has 40 heavy (non-hydrogen) atoms. The van der Waals surface area contributed by atoms with E-state index in [-0.39, 0.29) is 30.7 Å². The maximum atomic E-state index is 14.3. The van der Waals surface area contributed by atoms with Crippen LogP contribution in [0.25, 0.3) is 17.2 Å². The third-order valence-electron chi connectivity index (χ3n) is 6.64. The van der Waals surface area contributed by atoms with E-state index in [9.17, 15) is 14.0 Å². The Morgan fingerprint density at radius 1 is 1.05 bits per heavy atom. The maximum absolute atomic E-state index is 14.3. The molecule has 208 valence electrons. The van der Waals surface area contributed by atoms with E-state index < -0.39 is 0 Å². The molecule has 1 aliphatic carbocycles. The Hall–Kier alpha value is -4.66. The van der Waals surface area contributed by atoms with Crippen LogP contribution in [0.1, 0.15) is 35.6 Å². The Labute approximate surface area is 233 Å². The number of likely N-dealkylation sites (N-methyl/N-ethyl adjacent to an activating group) is 1. The van der Waals surface area contributed by atoms with Crippen molar-refractivity contribution in [3.8, 4) is 17.2 Å². The minimum atomic E-state index is -0.377. The van der Waals surface area contributed by atoms with Gasteiger partial charge in [0.1, 0.15) is 5.82 Å². The lowest BCUT2D eigenvalue weighted by Gasteiger charge is -2.17. The van der Waals surface area contributed by atoms with Crippen LogP contribution in [0.3, 0.4) is 0 Å². The second-order valence-corrected chi connectivity index (χ2v) is 9.50. The van der Waals surface area contributed by atoms with Crippen molar-refractivity contribution in [3.63, 3.8) is 0 Å². The summed E-state index contributed by atoms with van der Waals surface area (Å²) >= 11 is 0. The van der Waals surface area contributed by atoms with Gasteiger partial charge in [-0.25, -0.2) is 4.39 Å². The molecule has 1 N–H and O–H groups in total. The van der Waals surface area contributed by atoms with Gasteiger partial charge in [0.05, 0.1) is 20.6 Å². The van der Waals surface area contributed by atoms with E-state index in [0.717, 1.165) is 33.4 Å². The first-order valence-electron chi connectivity index (χ1n) is 12.7. The second kappa shape index (κ2) is 12.5. The minimum Gasteiger partial charge on any atom is -0.493 e. The summed E-state index contributed by atoms with van der Waals surface area (Å²) in [6, 6.07) is 11.8. The SMILES string of the molecule is COc1cc(/C=C2/C(C)=C(CC(=O)NCc3cccnc3)c3cc(F)ccc32)cc(OC)c1OCC(=O)N(C)C. The average molecular weight is 546 g/mol. The fourth-order valence-corrected chi connectivity index (χ4v) is 4.46. The van der Waals surface area contributed by atoms with E-state index in [1.165, 1.54) is 31.3 Å². The monoisotopic (exact) mass is 545 g/mol. The third-order valence-corrected chi connectivity index (χ3v) is 6.64. The molecule has 2 aromatic carbocycles. The number of aromatic nitrogens is 1. The molecule has 1 heterocycles. The van der Waals surface area contributed by atoms with Crippen molar-refractivity contribution in [2.24, 2.45) is 0 Å². The van der Waals surface area contributed by atoms with Crippen molar-refractivity contribution in [2.75, 3.05) is 34.9 Å². The Kier molecular flexibility index (Phi) is 8.83. The van der Waals surface area contributed by atoms with Crippen LogP contribution in [0, 0.1) is 5.82 Å². The van der Waals surface area contributed by atoms with Gasteiger partial charge in [-0.3, -0.25) is 14.6 Å². The summed E-state index contributed by atoms with van der Waals surface area (Å²) < 4.78 is 31.2. The van der Waals surface area contributed by atoms with E-state index in [2.05, 4.69) is 10.3 Å². The zero-order valence-electron chi connectivity index (χ0n) is 23.2. The van der Waals surface area contributed by atoms with Crippen molar-refractivity contribution in [1.29, 1.82) is 0 Å². The summed E-state index contributed by atoms with van der Waals surface area (Å²) in [4.78, 5) is 30.4. The standard InChI is InChI=1S/C31H32FN3O5/c1-19-24(11-21-12-27(38-4)31(28(13-21)39-5)40-18-30(37)35(2)3)23-9-8-22(32)14-26(23)25(19)15-29(36)34-17-20-7-6-10-33-16-20/h6-14,16H,15,17-18H2,1-5H3,(H,34,36)/b24-11-. The fraction of sp³-hybridized carbons (Fsp3) is 0.258. The molecule has 0 spiro atoms. The Morgan fingerprint density at radius 3 is 2.40 bits per heavy atom. The Morgan fingerprint density at radius 2 is 1.77 bits per heavy atom. The van der Waals surface area contributed by atoms with Gasteiger partial charge in [-0.2, -0.15) is 0 Å². The highest BCUT2D eigenvalue weighted by Crippen LogP contribution is 2.45. The number of hydrogen-bond donors (Lipinski definition) is 1. The molecule has 8 nitrogen and oxygen atoms in total. The summed E-state index contributed by atoms with van der Waals surface area (Å²) in [5.74, 6) is 0.348. The molecule has 3 aromatic rings. The first-order chi connectivity index (χ1) is 19.2. The quantitative estimate of drug-likeness (QED) is 0.396. The summed E-state index contributed by atoms with van der Waals surface area (Å²) in [5, 5.41) is 2.92. The largest absolute Gasteiger partial charge is 0.493 e. The van der Waals surface area contributed by atoms with Gasteiger partial charge in [0, 0.05) is 33.0 Å². The number of methoxy groups -OCH3 is 2. The van der Waals surface area contributed by atoms with Crippen LogP contribution in [0.4, 0.5) is 4.39 Å². The van der Waals surface area contributed by atoms with Crippen LogP contribution in [-0.2, 0) is 16.1 Å². The molecule has 2 amide bonds. The molecule has 0 saturated heterocycles. The summed E-state index contributed by atoms with van der Waals surface area (Å²) in [7, 11) is 6.31. The topological polar surface area (TPSA) is 90.0 Å². The molecular weight excluding hydrogens is 513 g/mol. The van der Waals surface area contributed by atoms with Crippen LogP contribution >= 0.6 is 0 Å². The molecule has 1 aliphatic rings. The number of hydrogen-bond acceptors (Lipinski definition) is 6. The molecule has 0 bridgehead atoms. The number of nitrogens with zero attached hydrogens (tertiary/aromatic N) is 2. The minimum absolute atomic E-state index is 0.0964. The van der Waals surface area contributed by atoms with Crippen molar-refractivity contribution < 1.29 is 28.2 Å². The molecule has 4 rings (SSSR count). The highest BCUT2D eigenvalue weighted by molar-refractivity contribution is 6.08. The van der Waals surface area contributed by atoms with E-state index >= 15 is 0 Å². The van der Waals surface area contributed by atoms with Gasteiger partial charge in [0.2, 0.25) is 11.7 Å². The molecule has 0 unspecified atom stereocenters. The smallest absolute Gasteiger partial charge is 0.259 e. The predicted octanol–water partition coefficient (Wildman–Crippen LogP) is 4.74. The van der Waals surface area contributed by atoms with Crippen molar-refractivity contribution in [1.82, 2.24) is 15.2 Å². The number of nitrogens with one attached hydrogen (secondary N) is 1. The Bertz CT molecular complexity index is 1460. The highest BCUT2D eigenvalue weighted by atomic mass is 19.1. The summed E-state index contributed by atoms with van der Waals surface area (Å²) in [5.41, 5.74) is 5.61. The summed E-state index contributed by atoms with van der Waals surface area (Å²) in [6.45, 7) is 2.10. The van der Waals surface area contributed by atoms with Crippen molar-refractivity contribution in [2.45, 2.75) is 19.9 Å². The van der Waals surface area contributed by atoms with Gasteiger partial charge in [0.15, 0.2) is 18.1 Å². The third kappa shape index (κ3) is 6.31. The van der Waals surface area contributed by atoms with Crippen molar-refractivity contribution in [3.05, 3.63) is 88.5 Å². The highest BCUT2D eigenvalue weighted by Gasteiger charge is 2.26. The van der Waals surface area contributed by atoms with E-state index in [4.69, 9.17) is 14.2 Å². The number of halogens is 1. The second-order valence-electron chi connectivity index (χ2n) is 9.50. The number of fused-ring (bicyclic) bond motifs is 1. The first kappa shape index (κ1) is 28.4. The average Bonchev–Trinajstić information content (AvgIpc) is 3.20. The number of carbonyl (C=O) groups excluding carboxylic acids is 2. The molecule has 0 fully saturated rings. The first-order valence-corrected chi connectivity index (χ1v) is 12.7. The zero-order valence-corrected chi connectivity index (χ0v) is 23.2. The van der Waals surface area contributed by atoms with E-state index in [1.54, 1.807) is 44.7 Å². The van der Waals surface area contributed by atoms with Crippen LogP contribution in [0.5, 0.6) is 17.2 Å². The maximum Gasteiger partial charge on any atom is 0.259 e. The number of benzene rings is 2. The van der Waals surface area contributed by atoms with Crippen LogP contribution in [0.2, 0.25) is 0 Å². The zero-order chi connectivity index (χ0) is 28.8.